The molecule has 6 heteroatoms. The Kier molecular flexibility index (Phi) is 30.8. The molecule has 0 aromatic carbocycles. The number of carboxylic acids is 2. The Morgan fingerprint density at radius 3 is 0.917 bits per heavy atom. The van der Waals surface area contributed by atoms with E-state index in [4.69, 9.17) is 30.0 Å². The van der Waals surface area contributed by atoms with E-state index in [0.29, 0.717) is 0 Å². The summed E-state index contributed by atoms with van der Waals surface area (Å²) in [5.74, 6) is -2.38. The maximum absolute atomic E-state index is 9.12. The van der Waals surface area contributed by atoms with Crippen molar-refractivity contribution in [3.8, 4) is 0 Å². The number of rotatable bonds is 2. The number of carboxylic acid groups (broad SMARTS) is 2. The number of hydrogen-bond acceptors (Lipinski definition) is 4. The molecular formula is C6H16O6. The van der Waals surface area contributed by atoms with Crippen molar-refractivity contribution in [1.29, 1.82) is 0 Å². The molecule has 0 unspecified atom stereocenters. The Hall–Kier alpha value is -1.14. The summed E-state index contributed by atoms with van der Waals surface area (Å²) in [7, 11) is 0. The zero-order valence-corrected chi connectivity index (χ0v) is 5.02. The van der Waals surface area contributed by atoms with E-state index in [1.165, 1.54) is 0 Å². The minimum absolute atomic E-state index is 0. The largest absolute Gasteiger partial charge is 0.480 e. The van der Waals surface area contributed by atoms with E-state index in [9.17, 15) is 0 Å². The van der Waals surface area contributed by atoms with Crippen LogP contribution in [0.4, 0.5) is 0 Å². The Balaban J connectivity index is -0.0000000457. The van der Waals surface area contributed by atoms with Crippen molar-refractivity contribution in [1.82, 2.24) is 0 Å². The van der Waals surface area contributed by atoms with Crippen molar-refractivity contribution in [2.24, 2.45) is 0 Å². The highest BCUT2D eigenvalue weighted by Crippen LogP contribution is 1.49. The Morgan fingerprint density at radius 2 is 0.917 bits per heavy atom. The van der Waals surface area contributed by atoms with E-state index in [0.717, 1.165) is 0 Å². The third kappa shape index (κ3) is 66.9. The van der Waals surface area contributed by atoms with Crippen molar-refractivity contribution in [2.45, 2.75) is 14.9 Å². The van der Waals surface area contributed by atoms with Crippen LogP contribution in [0, 0.1) is 0 Å². The number of aliphatic carboxylic acids is 2. The predicted octanol–water partition coefficient (Wildman–Crippen LogP) is -0.601. The summed E-state index contributed by atoms with van der Waals surface area (Å²) >= 11 is 0. The zero-order valence-electron chi connectivity index (χ0n) is 5.02. The lowest BCUT2D eigenvalue weighted by Crippen LogP contribution is -1.98. The smallest absolute Gasteiger partial charge is 0.329 e. The van der Waals surface area contributed by atoms with Gasteiger partial charge in [0.15, 0.2) is 0 Å². The Bertz CT molecular complexity index is 96.6. The summed E-state index contributed by atoms with van der Waals surface area (Å²) in [5.41, 5.74) is 0. The molecule has 4 N–H and O–H groups in total. The maximum Gasteiger partial charge on any atom is 0.329 e. The Morgan fingerprint density at radius 1 is 0.833 bits per heavy atom. The molecule has 76 valence electrons. The van der Waals surface area contributed by atoms with Gasteiger partial charge >= 0.3 is 11.9 Å². The van der Waals surface area contributed by atoms with Crippen LogP contribution in [0.15, 0.2) is 0 Å². The van der Waals surface area contributed by atoms with Gasteiger partial charge in [-0.05, 0) is 0 Å². The molecular weight excluding hydrogens is 168 g/mol. The maximum atomic E-state index is 9.12. The average Bonchev–Trinajstić information content (AvgIpc) is 1.89. The molecule has 0 aromatic rings. The quantitative estimate of drug-likeness (QED) is 0.455. The molecule has 6 nitrogen and oxygen atoms in total. The van der Waals surface area contributed by atoms with Crippen LogP contribution in [0.1, 0.15) is 14.9 Å². The fourth-order valence-corrected chi connectivity index (χ4v) is 0. The van der Waals surface area contributed by atoms with Crippen LogP contribution in [-0.2, 0) is 9.59 Å². The van der Waals surface area contributed by atoms with Crippen LogP contribution in [0.2, 0.25) is 0 Å². The van der Waals surface area contributed by atoms with Crippen LogP contribution >= 0.6 is 0 Å². The lowest BCUT2D eigenvalue weighted by Gasteiger charge is -1.72. The van der Waals surface area contributed by atoms with Gasteiger partial charge in [-0.25, -0.2) is 9.59 Å². The molecule has 0 aliphatic rings. The summed E-state index contributed by atoms with van der Waals surface area (Å²) in [6.45, 7) is -1.56. The molecule has 0 aliphatic carbocycles. The summed E-state index contributed by atoms with van der Waals surface area (Å²) in [6.07, 6.45) is 0. The van der Waals surface area contributed by atoms with Gasteiger partial charge in [-0.3, -0.25) is 0 Å². The van der Waals surface area contributed by atoms with Gasteiger partial charge in [-0.1, -0.05) is 14.9 Å². The van der Waals surface area contributed by atoms with Crippen LogP contribution in [-0.4, -0.2) is 45.6 Å². The molecule has 0 rings (SSSR count). The summed E-state index contributed by atoms with van der Waals surface area (Å²) in [6, 6.07) is 0. The number of hydrogen-bond donors (Lipinski definition) is 4. The molecule has 0 heterocycles. The van der Waals surface area contributed by atoms with Gasteiger partial charge in [-0.15, -0.1) is 0 Å². The van der Waals surface area contributed by atoms with Gasteiger partial charge in [0.1, 0.15) is 13.2 Å². The molecule has 0 saturated carbocycles. The van der Waals surface area contributed by atoms with Crippen molar-refractivity contribution in [3.63, 3.8) is 0 Å². The van der Waals surface area contributed by atoms with Crippen LogP contribution < -0.4 is 0 Å². The van der Waals surface area contributed by atoms with Gasteiger partial charge in [0.25, 0.3) is 0 Å². The topological polar surface area (TPSA) is 115 Å². The van der Waals surface area contributed by atoms with Crippen molar-refractivity contribution >= 4 is 11.9 Å². The van der Waals surface area contributed by atoms with Gasteiger partial charge in [0.2, 0.25) is 0 Å². The lowest BCUT2D eigenvalue weighted by atomic mass is 10.8. The summed E-state index contributed by atoms with van der Waals surface area (Å²) in [5, 5.41) is 30.0. The van der Waals surface area contributed by atoms with Gasteiger partial charge in [0, 0.05) is 0 Å². The highest BCUT2D eigenvalue weighted by atomic mass is 16.4. The first-order chi connectivity index (χ1) is 4.54. The molecule has 0 fully saturated rings. The molecule has 0 radical (unpaired) electrons. The van der Waals surface area contributed by atoms with Gasteiger partial charge in [0.05, 0.1) is 0 Å². The second-order valence-corrected chi connectivity index (χ2v) is 1.10. The molecule has 0 amide bonds. The van der Waals surface area contributed by atoms with Crippen molar-refractivity contribution in [2.75, 3.05) is 13.2 Å². The highest BCUT2D eigenvalue weighted by molar-refractivity contribution is 5.67. The van der Waals surface area contributed by atoms with Gasteiger partial charge < -0.3 is 20.4 Å². The molecule has 0 aromatic heterocycles. The average molecular weight is 184 g/mol. The second-order valence-electron chi connectivity index (χ2n) is 1.10. The van der Waals surface area contributed by atoms with Crippen LogP contribution in [0.5, 0.6) is 0 Å². The third-order valence-corrected chi connectivity index (χ3v) is 0.271. The first-order valence-corrected chi connectivity index (χ1v) is 2.20. The van der Waals surface area contributed by atoms with Crippen LogP contribution in [0.25, 0.3) is 0 Å². The lowest BCUT2D eigenvalue weighted by molar-refractivity contribution is -0.141. The molecule has 0 spiro atoms. The van der Waals surface area contributed by atoms with E-state index >= 15 is 0 Å². The fraction of sp³-hybridized carbons (Fsp3) is 0.667. The first kappa shape index (κ1) is 22.4. The van der Waals surface area contributed by atoms with E-state index in [2.05, 4.69) is 0 Å². The summed E-state index contributed by atoms with van der Waals surface area (Å²) in [4.78, 5) is 18.2. The van der Waals surface area contributed by atoms with E-state index in [-0.39, 0.29) is 14.9 Å². The molecule has 0 atom stereocenters. The minimum Gasteiger partial charge on any atom is -0.480 e. The molecule has 0 saturated heterocycles. The number of aliphatic hydroxyl groups excluding tert-OH is 2. The number of aliphatic hydroxyl groups is 2. The van der Waals surface area contributed by atoms with Gasteiger partial charge in [-0.2, -0.15) is 0 Å². The monoisotopic (exact) mass is 184 g/mol. The minimum atomic E-state index is -1.19. The highest BCUT2D eigenvalue weighted by Gasteiger charge is 1.83. The number of carbonyl (C=O) groups is 2. The van der Waals surface area contributed by atoms with Crippen molar-refractivity contribution < 1.29 is 30.0 Å². The van der Waals surface area contributed by atoms with E-state index in [1.54, 1.807) is 0 Å². The predicted molar refractivity (Wildman–Crippen MR) is 42.9 cm³/mol. The Labute approximate surface area is 71.1 Å². The fourth-order valence-electron chi connectivity index (χ4n) is 0. The third-order valence-electron chi connectivity index (χ3n) is 0.271. The second kappa shape index (κ2) is 16.4. The molecule has 0 bridgehead atoms. The molecule has 0 aliphatic heterocycles. The standard InChI is InChI=1S/2C2H4O3.2CH4/c2*3-1-2(4)5;;/h2*3H,1H2,(H,4,5);2*1H4. The zero-order chi connectivity index (χ0) is 8.57. The van der Waals surface area contributed by atoms with Crippen molar-refractivity contribution in [3.05, 3.63) is 0 Å². The van der Waals surface area contributed by atoms with Crippen LogP contribution in [0.3, 0.4) is 0 Å². The van der Waals surface area contributed by atoms with E-state index < -0.39 is 25.2 Å². The van der Waals surface area contributed by atoms with E-state index in [1.807, 2.05) is 0 Å². The normalized spacial score (nSPS) is 6.17. The summed E-state index contributed by atoms with van der Waals surface area (Å²) < 4.78 is 0. The first-order valence-electron chi connectivity index (χ1n) is 2.20. The SMILES string of the molecule is C.C.O=C(O)CO.O=C(O)CO. The molecule has 12 heavy (non-hydrogen) atoms.